The second-order valence-corrected chi connectivity index (χ2v) is 8.99. The van der Waals surface area contributed by atoms with E-state index >= 15 is 0 Å². The number of rotatable bonds is 4. The highest BCUT2D eigenvalue weighted by Crippen LogP contribution is 2.50. The highest BCUT2D eigenvalue weighted by Gasteiger charge is 2.54. The zero-order valence-electron chi connectivity index (χ0n) is 16.1. The molecular weight excluding hydrogens is 372 g/mol. The Morgan fingerprint density at radius 3 is 2.66 bits per heavy atom. The lowest BCUT2D eigenvalue weighted by Crippen LogP contribution is -2.70. The largest absolute Gasteiger partial charge is 0.325 e. The van der Waals surface area contributed by atoms with Crippen LogP contribution in [0.4, 0.5) is 0 Å². The predicted molar refractivity (Wildman–Crippen MR) is 103 cm³/mol. The Morgan fingerprint density at radius 2 is 1.93 bits per heavy atom. The number of benzene rings is 1. The van der Waals surface area contributed by atoms with Gasteiger partial charge in [0.2, 0.25) is 11.8 Å². The summed E-state index contributed by atoms with van der Waals surface area (Å²) in [5.41, 5.74) is 7.74. The van der Waals surface area contributed by atoms with Crippen molar-refractivity contribution in [2.45, 2.75) is 68.6 Å². The van der Waals surface area contributed by atoms with Crippen LogP contribution in [0.25, 0.3) is 0 Å². The number of imide groups is 2. The first-order valence-corrected chi connectivity index (χ1v) is 10.2. The molecule has 6 rings (SSSR count). The fraction of sp³-hybridized carbons (Fsp3) is 0.524. The van der Waals surface area contributed by atoms with Crippen LogP contribution >= 0.6 is 0 Å². The van der Waals surface area contributed by atoms with Crippen molar-refractivity contribution in [2.75, 3.05) is 0 Å². The van der Waals surface area contributed by atoms with Gasteiger partial charge in [-0.15, -0.1) is 0 Å². The third-order valence-electron chi connectivity index (χ3n) is 6.92. The molecule has 1 unspecified atom stereocenters. The fourth-order valence-corrected chi connectivity index (χ4v) is 5.66. The predicted octanol–water partition coefficient (Wildman–Crippen LogP) is 0.591. The maximum absolute atomic E-state index is 13.1. The normalized spacial score (nSPS) is 33.4. The van der Waals surface area contributed by atoms with Crippen molar-refractivity contribution in [3.63, 3.8) is 0 Å². The van der Waals surface area contributed by atoms with Crippen molar-refractivity contribution in [1.82, 2.24) is 15.5 Å². The minimum atomic E-state index is -0.942. The van der Waals surface area contributed by atoms with Gasteiger partial charge in [0.25, 0.3) is 11.8 Å². The molecule has 3 saturated carbocycles. The lowest BCUT2D eigenvalue weighted by atomic mass is 9.55. The zero-order valence-corrected chi connectivity index (χ0v) is 16.1. The molecule has 29 heavy (non-hydrogen) atoms. The Labute approximate surface area is 168 Å². The van der Waals surface area contributed by atoms with Crippen molar-refractivity contribution in [3.05, 3.63) is 34.9 Å². The highest BCUT2D eigenvalue weighted by molar-refractivity contribution is 6.24. The maximum Gasteiger partial charge on any atom is 0.262 e. The standard InChI is InChI=1S/C21H24N4O4/c22-20-7-2-8-21(10-20,11-20)23-9-12-3-1-4-13-16(12)19(29)25(18(13)28)14-5-6-15(26)24-17(14)27/h1,3-4,14,23H,2,5-11,22H2,(H,24,26,27). The first kappa shape index (κ1) is 18.4. The number of hydrogen-bond acceptors (Lipinski definition) is 6. The number of amides is 4. The average Bonchev–Trinajstić information content (AvgIpc) is 2.91. The van der Waals surface area contributed by atoms with E-state index in [1.165, 1.54) is 0 Å². The van der Waals surface area contributed by atoms with Crippen LogP contribution in [0.2, 0.25) is 0 Å². The number of nitrogens with two attached hydrogens (primary N) is 1. The lowest BCUT2D eigenvalue weighted by molar-refractivity contribution is -0.136. The van der Waals surface area contributed by atoms with Crippen molar-refractivity contribution < 1.29 is 19.2 Å². The van der Waals surface area contributed by atoms with E-state index in [-0.39, 0.29) is 29.8 Å². The van der Waals surface area contributed by atoms with Gasteiger partial charge in [0.05, 0.1) is 11.1 Å². The SMILES string of the molecule is NC12CCCC(NCc3cccc4c3C(=O)N(C3CCC(=O)NC3=O)C4=O)(C1)C2. The van der Waals surface area contributed by atoms with Crippen LogP contribution in [0.5, 0.6) is 0 Å². The molecule has 1 atom stereocenters. The smallest absolute Gasteiger partial charge is 0.262 e. The number of fused-ring (bicyclic) bond motifs is 3. The molecule has 0 aromatic heterocycles. The van der Waals surface area contributed by atoms with E-state index in [1.54, 1.807) is 12.1 Å². The van der Waals surface area contributed by atoms with Crippen molar-refractivity contribution in [1.29, 1.82) is 0 Å². The molecule has 1 saturated heterocycles. The zero-order chi connectivity index (χ0) is 20.4. The number of nitrogens with one attached hydrogen (secondary N) is 2. The molecule has 2 aliphatic heterocycles. The van der Waals surface area contributed by atoms with E-state index in [0.29, 0.717) is 17.7 Å². The third kappa shape index (κ3) is 2.81. The van der Waals surface area contributed by atoms with Gasteiger partial charge < -0.3 is 11.1 Å². The quantitative estimate of drug-likeness (QED) is 0.641. The van der Waals surface area contributed by atoms with Crippen molar-refractivity contribution in [3.8, 4) is 0 Å². The van der Waals surface area contributed by atoms with Gasteiger partial charge in [-0.3, -0.25) is 29.4 Å². The van der Waals surface area contributed by atoms with Gasteiger partial charge in [0.1, 0.15) is 6.04 Å². The molecule has 0 spiro atoms. The van der Waals surface area contributed by atoms with Crippen LogP contribution in [0.3, 0.4) is 0 Å². The molecule has 8 nitrogen and oxygen atoms in total. The molecule has 8 heteroatoms. The van der Waals surface area contributed by atoms with Crippen LogP contribution in [-0.4, -0.2) is 45.6 Å². The Balaban J connectivity index is 1.38. The Hall–Kier alpha value is -2.58. The van der Waals surface area contributed by atoms with Gasteiger partial charge in [0.15, 0.2) is 0 Å². The number of hydrogen-bond donors (Lipinski definition) is 3. The maximum atomic E-state index is 13.1. The van der Waals surface area contributed by atoms with Gasteiger partial charge in [-0.05, 0) is 50.2 Å². The molecule has 4 fully saturated rings. The van der Waals surface area contributed by atoms with E-state index in [2.05, 4.69) is 10.6 Å². The highest BCUT2D eigenvalue weighted by atomic mass is 16.2. The topological polar surface area (TPSA) is 122 Å². The minimum absolute atomic E-state index is 0.0185. The van der Waals surface area contributed by atoms with Gasteiger partial charge in [-0.25, -0.2) is 0 Å². The summed E-state index contributed by atoms with van der Waals surface area (Å²) in [6.45, 7) is 0.474. The Morgan fingerprint density at radius 1 is 1.14 bits per heavy atom. The van der Waals surface area contributed by atoms with Crippen LogP contribution in [0, 0.1) is 0 Å². The molecule has 3 aliphatic carbocycles. The second kappa shape index (κ2) is 6.21. The van der Waals surface area contributed by atoms with E-state index < -0.39 is 23.8 Å². The number of carbonyl (C=O) groups is 4. The van der Waals surface area contributed by atoms with Crippen molar-refractivity contribution in [2.24, 2.45) is 5.73 Å². The number of piperidine rings is 1. The minimum Gasteiger partial charge on any atom is -0.325 e. The van der Waals surface area contributed by atoms with Crippen molar-refractivity contribution >= 4 is 23.6 Å². The van der Waals surface area contributed by atoms with Gasteiger partial charge in [0, 0.05) is 24.0 Å². The molecular formula is C21H24N4O4. The summed E-state index contributed by atoms with van der Waals surface area (Å²) in [6.07, 6.45) is 5.36. The summed E-state index contributed by atoms with van der Waals surface area (Å²) < 4.78 is 0. The lowest BCUT2D eigenvalue weighted by Gasteiger charge is -2.59. The number of nitrogens with zero attached hydrogens (tertiary/aromatic N) is 1. The van der Waals surface area contributed by atoms with E-state index in [1.807, 2.05) is 6.07 Å². The molecule has 2 heterocycles. The molecule has 1 aromatic rings. The summed E-state index contributed by atoms with van der Waals surface area (Å²) in [4.78, 5) is 50.7. The Kier molecular flexibility index (Phi) is 3.95. The van der Waals surface area contributed by atoms with Crippen LogP contribution < -0.4 is 16.4 Å². The summed E-state index contributed by atoms with van der Waals surface area (Å²) in [5.74, 6) is -1.90. The summed E-state index contributed by atoms with van der Waals surface area (Å²) in [6, 6.07) is 4.29. The second-order valence-electron chi connectivity index (χ2n) is 8.99. The van der Waals surface area contributed by atoms with Gasteiger partial charge in [-0.1, -0.05) is 12.1 Å². The molecule has 5 aliphatic rings. The van der Waals surface area contributed by atoms with Crippen LogP contribution in [-0.2, 0) is 16.1 Å². The van der Waals surface area contributed by atoms with Gasteiger partial charge >= 0.3 is 0 Å². The fourth-order valence-electron chi connectivity index (χ4n) is 5.66. The summed E-state index contributed by atoms with van der Waals surface area (Å²) in [5, 5.41) is 5.82. The van der Waals surface area contributed by atoms with Gasteiger partial charge in [-0.2, -0.15) is 0 Å². The molecule has 4 N–H and O–H groups in total. The summed E-state index contributed by atoms with van der Waals surface area (Å²) in [7, 11) is 0. The van der Waals surface area contributed by atoms with Crippen LogP contribution in [0.15, 0.2) is 18.2 Å². The Bertz CT molecular complexity index is 950. The molecule has 2 bridgehead atoms. The summed E-state index contributed by atoms with van der Waals surface area (Å²) >= 11 is 0. The molecule has 0 radical (unpaired) electrons. The van der Waals surface area contributed by atoms with E-state index in [0.717, 1.165) is 42.6 Å². The third-order valence-corrected chi connectivity index (χ3v) is 6.92. The molecule has 4 amide bonds. The first-order chi connectivity index (χ1) is 13.8. The monoisotopic (exact) mass is 396 g/mol. The molecule has 152 valence electrons. The van der Waals surface area contributed by atoms with E-state index in [4.69, 9.17) is 5.73 Å². The first-order valence-electron chi connectivity index (χ1n) is 10.2. The number of carbonyl (C=O) groups excluding carboxylic acids is 4. The van der Waals surface area contributed by atoms with E-state index in [9.17, 15) is 19.2 Å². The van der Waals surface area contributed by atoms with Crippen LogP contribution in [0.1, 0.15) is 71.2 Å². The molecule has 1 aromatic carbocycles. The average molecular weight is 396 g/mol.